The minimum absolute atomic E-state index is 0.384. The van der Waals surface area contributed by atoms with Crippen molar-refractivity contribution in [2.24, 2.45) is 11.6 Å². The number of nitrogens with two attached hydrogens (primary N) is 2. The van der Waals surface area contributed by atoms with E-state index in [1.54, 1.807) is 0 Å². The number of ether oxygens (including phenoxy) is 2. The molecule has 0 aromatic heterocycles. The van der Waals surface area contributed by atoms with Gasteiger partial charge in [0.15, 0.2) is 0 Å². The van der Waals surface area contributed by atoms with Gasteiger partial charge in [-0.1, -0.05) is 30.3 Å². The number of carbonyl (C=O) groups excluding carboxylic acids is 2. The standard InChI is InChI=1S/C14H19N3O4/c15-14(19)21-10-6-7-11(13(18)17-16)20-12(10)8-9-4-2-1-3-5-9/h1-5,10-12H,6-8,16H2,(H2,15,19)(H,17,18)/t10-,11+,12?/m1/s1. The molecule has 1 aromatic carbocycles. The largest absolute Gasteiger partial charge is 0.444 e. The van der Waals surface area contributed by atoms with Crippen LogP contribution in [0, 0.1) is 0 Å². The van der Waals surface area contributed by atoms with Crippen LogP contribution in [0.1, 0.15) is 18.4 Å². The van der Waals surface area contributed by atoms with Gasteiger partial charge >= 0.3 is 6.09 Å². The van der Waals surface area contributed by atoms with Crippen LogP contribution in [0.3, 0.4) is 0 Å². The zero-order valence-electron chi connectivity index (χ0n) is 11.5. The van der Waals surface area contributed by atoms with E-state index in [1.165, 1.54) is 0 Å². The highest BCUT2D eigenvalue weighted by molar-refractivity contribution is 5.80. The molecule has 1 aliphatic heterocycles. The predicted molar refractivity (Wildman–Crippen MR) is 74.8 cm³/mol. The number of hydrazine groups is 1. The van der Waals surface area contributed by atoms with Gasteiger partial charge in [0, 0.05) is 6.42 Å². The van der Waals surface area contributed by atoms with E-state index in [0.29, 0.717) is 19.3 Å². The number of hydrogen-bond acceptors (Lipinski definition) is 5. The van der Waals surface area contributed by atoms with Crippen LogP contribution in [0.2, 0.25) is 0 Å². The molecule has 1 fully saturated rings. The van der Waals surface area contributed by atoms with Crippen LogP contribution in [0.25, 0.3) is 0 Å². The molecule has 2 rings (SSSR count). The average molecular weight is 293 g/mol. The lowest BCUT2D eigenvalue weighted by molar-refractivity contribution is -0.153. The molecular formula is C14H19N3O4. The molecule has 1 aliphatic rings. The molecule has 1 aromatic rings. The van der Waals surface area contributed by atoms with Gasteiger partial charge in [-0.3, -0.25) is 10.2 Å². The SMILES string of the molecule is NNC(=O)[C@@H]1CC[C@@H](OC(N)=O)C(Cc2ccccc2)O1. The van der Waals surface area contributed by atoms with Crippen molar-refractivity contribution >= 4 is 12.0 Å². The summed E-state index contributed by atoms with van der Waals surface area (Å²) in [6, 6.07) is 9.61. The van der Waals surface area contributed by atoms with Crippen LogP contribution in [0.5, 0.6) is 0 Å². The number of benzene rings is 1. The second-order valence-corrected chi connectivity index (χ2v) is 4.91. The maximum absolute atomic E-state index is 11.6. The van der Waals surface area contributed by atoms with Crippen LogP contribution in [0.15, 0.2) is 30.3 Å². The third-order valence-electron chi connectivity index (χ3n) is 3.45. The summed E-state index contributed by atoms with van der Waals surface area (Å²) in [6.07, 6.45) is -0.946. The molecule has 5 N–H and O–H groups in total. The zero-order chi connectivity index (χ0) is 15.2. The van der Waals surface area contributed by atoms with Crippen LogP contribution < -0.4 is 17.0 Å². The smallest absolute Gasteiger partial charge is 0.404 e. The van der Waals surface area contributed by atoms with Gasteiger partial charge in [-0.25, -0.2) is 10.6 Å². The van der Waals surface area contributed by atoms with Crippen molar-refractivity contribution in [3.05, 3.63) is 35.9 Å². The topological polar surface area (TPSA) is 117 Å². The van der Waals surface area contributed by atoms with Crippen molar-refractivity contribution in [1.29, 1.82) is 0 Å². The molecule has 3 atom stereocenters. The number of nitrogens with one attached hydrogen (secondary N) is 1. The Morgan fingerprint density at radius 1 is 1.29 bits per heavy atom. The highest BCUT2D eigenvalue weighted by Gasteiger charge is 2.36. The second kappa shape index (κ2) is 7.05. The molecule has 7 nitrogen and oxygen atoms in total. The fourth-order valence-electron chi connectivity index (χ4n) is 2.46. The Morgan fingerprint density at radius 2 is 2.00 bits per heavy atom. The Balaban J connectivity index is 2.08. The van der Waals surface area contributed by atoms with E-state index in [-0.39, 0.29) is 5.91 Å². The fraction of sp³-hybridized carbons (Fsp3) is 0.429. The third-order valence-corrected chi connectivity index (χ3v) is 3.45. The quantitative estimate of drug-likeness (QED) is 0.417. The van der Waals surface area contributed by atoms with Crippen LogP contribution in [-0.4, -0.2) is 30.3 Å². The number of primary amides is 1. The zero-order valence-corrected chi connectivity index (χ0v) is 11.5. The lowest BCUT2D eigenvalue weighted by Crippen LogP contribution is -2.50. The Morgan fingerprint density at radius 3 is 2.62 bits per heavy atom. The molecule has 1 heterocycles. The van der Waals surface area contributed by atoms with Crippen molar-refractivity contribution in [3.8, 4) is 0 Å². The van der Waals surface area contributed by atoms with Crippen molar-refractivity contribution in [1.82, 2.24) is 5.43 Å². The van der Waals surface area contributed by atoms with Crippen molar-refractivity contribution in [3.63, 3.8) is 0 Å². The fourth-order valence-corrected chi connectivity index (χ4v) is 2.46. The molecule has 1 unspecified atom stereocenters. The predicted octanol–water partition coefficient (Wildman–Crippen LogP) is 0.231. The van der Waals surface area contributed by atoms with Crippen LogP contribution in [0.4, 0.5) is 4.79 Å². The first-order chi connectivity index (χ1) is 10.1. The maximum Gasteiger partial charge on any atom is 0.404 e. The highest BCUT2D eigenvalue weighted by atomic mass is 16.6. The monoisotopic (exact) mass is 293 g/mol. The minimum atomic E-state index is -0.844. The summed E-state index contributed by atoms with van der Waals surface area (Å²) < 4.78 is 10.8. The Hall–Kier alpha value is -2.12. The molecule has 0 radical (unpaired) electrons. The van der Waals surface area contributed by atoms with Gasteiger partial charge in [0.1, 0.15) is 12.2 Å². The van der Waals surface area contributed by atoms with Crippen molar-refractivity contribution in [2.45, 2.75) is 37.6 Å². The summed E-state index contributed by atoms with van der Waals surface area (Å²) in [4.78, 5) is 22.6. The molecule has 2 amide bonds. The van der Waals surface area contributed by atoms with E-state index in [4.69, 9.17) is 21.1 Å². The molecule has 1 saturated heterocycles. The molecule has 0 saturated carbocycles. The molecule has 114 valence electrons. The minimum Gasteiger partial charge on any atom is -0.444 e. The van der Waals surface area contributed by atoms with Crippen LogP contribution >= 0.6 is 0 Å². The lowest BCUT2D eigenvalue weighted by atomic mass is 9.95. The number of carbonyl (C=O) groups is 2. The van der Waals surface area contributed by atoms with Crippen LogP contribution in [-0.2, 0) is 20.7 Å². The molecular weight excluding hydrogens is 274 g/mol. The summed E-state index contributed by atoms with van der Waals surface area (Å²) in [6.45, 7) is 0. The number of amides is 2. The lowest BCUT2D eigenvalue weighted by Gasteiger charge is -2.35. The molecule has 0 spiro atoms. The first-order valence-corrected chi connectivity index (χ1v) is 6.76. The number of hydrogen-bond donors (Lipinski definition) is 3. The highest BCUT2D eigenvalue weighted by Crippen LogP contribution is 2.25. The van der Waals surface area contributed by atoms with Gasteiger partial charge < -0.3 is 15.2 Å². The third kappa shape index (κ3) is 4.17. The summed E-state index contributed by atoms with van der Waals surface area (Å²) in [5, 5.41) is 0. The molecule has 0 bridgehead atoms. The van der Waals surface area contributed by atoms with Gasteiger partial charge in [0.25, 0.3) is 5.91 Å². The summed E-state index contributed by atoms with van der Waals surface area (Å²) in [5.74, 6) is 4.75. The first kappa shape index (κ1) is 15.3. The summed E-state index contributed by atoms with van der Waals surface area (Å²) in [7, 11) is 0. The average Bonchev–Trinajstić information content (AvgIpc) is 2.49. The normalized spacial score (nSPS) is 25.1. The summed E-state index contributed by atoms with van der Waals surface area (Å²) >= 11 is 0. The van der Waals surface area contributed by atoms with E-state index in [9.17, 15) is 9.59 Å². The maximum atomic E-state index is 11.6. The van der Waals surface area contributed by atoms with E-state index in [0.717, 1.165) is 5.56 Å². The number of rotatable bonds is 4. The Kier molecular flexibility index (Phi) is 5.13. The second-order valence-electron chi connectivity index (χ2n) is 4.91. The van der Waals surface area contributed by atoms with E-state index in [1.807, 2.05) is 30.3 Å². The first-order valence-electron chi connectivity index (χ1n) is 6.76. The van der Waals surface area contributed by atoms with Gasteiger partial charge in [0.2, 0.25) is 0 Å². The van der Waals surface area contributed by atoms with Gasteiger partial charge in [0.05, 0.1) is 6.10 Å². The Bertz CT molecular complexity index is 494. The van der Waals surface area contributed by atoms with Gasteiger partial charge in [-0.2, -0.15) is 0 Å². The Labute approximate surface area is 122 Å². The van der Waals surface area contributed by atoms with E-state index in [2.05, 4.69) is 5.43 Å². The molecule has 7 heteroatoms. The molecule has 0 aliphatic carbocycles. The van der Waals surface area contributed by atoms with Gasteiger partial charge in [-0.05, 0) is 18.4 Å². The summed E-state index contributed by atoms with van der Waals surface area (Å²) in [5.41, 5.74) is 8.18. The van der Waals surface area contributed by atoms with E-state index >= 15 is 0 Å². The van der Waals surface area contributed by atoms with E-state index < -0.39 is 24.4 Å². The molecule has 21 heavy (non-hydrogen) atoms. The van der Waals surface area contributed by atoms with Crippen molar-refractivity contribution in [2.75, 3.05) is 0 Å². The van der Waals surface area contributed by atoms with Gasteiger partial charge in [-0.15, -0.1) is 0 Å². The van der Waals surface area contributed by atoms with Crippen molar-refractivity contribution < 1.29 is 19.1 Å².